The fraction of sp³-hybridized carbons (Fsp3) is 0.500. The summed E-state index contributed by atoms with van der Waals surface area (Å²) in [6.07, 6.45) is 9.84. The van der Waals surface area contributed by atoms with E-state index in [1.54, 1.807) is 0 Å². The summed E-state index contributed by atoms with van der Waals surface area (Å²) in [5.74, 6) is 0.958. The number of halogens is 1. The van der Waals surface area contributed by atoms with Crippen LogP contribution in [0.15, 0.2) is 48.5 Å². The molecule has 1 fully saturated rings. The minimum Gasteiger partial charge on any atom is -0.292 e. The Morgan fingerprint density at radius 2 is 1.38 bits per heavy atom. The maximum Gasteiger partial charge on any atom is 0.0614 e. The molecule has 1 aliphatic carbocycles. The summed E-state index contributed by atoms with van der Waals surface area (Å²) in [4.78, 5) is 2.74. The molecule has 0 amide bonds. The van der Waals surface area contributed by atoms with Gasteiger partial charge in [-0.1, -0.05) is 87.6 Å². The standard InChI is InChI=1S/C24H31N.BrH/c1-2-3-4-5-10-19-15-17-25(18-16-19)24-22-13-8-6-11-20(22)21-12-7-9-14-23(21)24;/h6-9,11-14,19,24H,2-5,10,15-18H2,1H3;1H. The van der Waals surface area contributed by atoms with Gasteiger partial charge in [-0.2, -0.15) is 0 Å². The lowest BCUT2D eigenvalue weighted by atomic mass is 9.89. The monoisotopic (exact) mass is 413 g/mol. The quantitative estimate of drug-likeness (QED) is 0.459. The molecule has 0 radical (unpaired) electrons. The summed E-state index contributed by atoms with van der Waals surface area (Å²) in [7, 11) is 0. The number of benzene rings is 2. The van der Waals surface area contributed by atoms with E-state index in [9.17, 15) is 0 Å². The van der Waals surface area contributed by atoms with Gasteiger partial charge in [0.1, 0.15) is 0 Å². The third kappa shape index (κ3) is 3.92. The van der Waals surface area contributed by atoms with E-state index in [1.165, 1.54) is 80.3 Å². The van der Waals surface area contributed by atoms with Crippen molar-refractivity contribution in [2.75, 3.05) is 13.1 Å². The van der Waals surface area contributed by atoms with Crippen LogP contribution < -0.4 is 0 Å². The molecule has 2 aromatic carbocycles. The minimum absolute atomic E-state index is 0. The molecule has 2 aromatic rings. The van der Waals surface area contributed by atoms with Crippen molar-refractivity contribution < 1.29 is 0 Å². The number of unbranched alkanes of at least 4 members (excludes halogenated alkanes) is 3. The highest BCUT2D eigenvalue weighted by Gasteiger charge is 2.34. The van der Waals surface area contributed by atoms with Crippen molar-refractivity contribution in [2.45, 2.75) is 57.9 Å². The normalized spacial score (nSPS) is 17.6. The highest BCUT2D eigenvalue weighted by molar-refractivity contribution is 8.93. The molecular formula is C24H32BrN. The number of likely N-dealkylation sites (tertiary alicyclic amines) is 1. The van der Waals surface area contributed by atoms with Crippen LogP contribution in [0.1, 0.15) is 69.0 Å². The third-order valence-corrected chi connectivity index (χ3v) is 6.28. The lowest BCUT2D eigenvalue weighted by Gasteiger charge is -2.37. The predicted molar refractivity (Wildman–Crippen MR) is 117 cm³/mol. The Hall–Kier alpha value is -1.12. The Balaban J connectivity index is 0.00000196. The first-order valence-corrected chi connectivity index (χ1v) is 10.3. The predicted octanol–water partition coefficient (Wildman–Crippen LogP) is 7.02. The summed E-state index contributed by atoms with van der Waals surface area (Å²) in [5, 5.41) is 0. The summed E-state index contributed by atoms with van der Waals surface area (Å²) < 4.78 is 0. The maximum absolute atomic E-state index is 2.74. The van der Waals surface area contributed by atoms with Crippen molar-refractivity contribution in [1.82, 2.24) is 4.90 Å². The smallest absolute Gasteiger partial charge is 0.0614 e. The van der Waals surface area contributed by atoms with E-state index in [-0.39, 0.29) is 17.0 Å². The Labute approximate surface area is 169 Å². The molecule has 26 heavy (non-hydrogen) atoms. The Bertz CT molecular complexity index is 657. The van der Waals surface area contributed by atoms with Crippen LogP contribution in [0, 0.1) is 5.92 Å². The molecule has 0 atom stereocenters. The Morgan fingerprint density at radius 1 is 0.808 bits per heavy atom. The van der Waals surface area contributed by atoms with E-state index in [2.05, 4.69) is 60.4 Å². The molecule has 1 heterocycles. The second kappa shape index (κ2) is 9.19. The van der Waals surface area contributed by atoms with Crippen LogP contribution in [-0.2, 0) is 0 Å². The van der Waals surface area contributed by atoms with Gasteiger partial charge in [0.2, 0.25) is 0 Å². The lowest BCUT2D eigenvalue weighted by molar-refractivity contribution is 0.147. The number of hydrogen-bond acceptors (Lipinski definition) is 1. The average Bonchev–Trinajstić information content (AvgIpc) is 3.00. The number of fused-ring (bicyclic) bond motifs is 3. The molecule has 1 saturated heterocycles. The molecule has 1 nitrogen and oxygen atoms in total. The number of nitrogens with zero attached hydrogens (tertiary/aromatic N) is 1. The second-order valence-corrected chi connectivity index (χ2v) is 7.91. The van der Waals surface area contributed by atoms with E-state index in [0.29, 0.717) is 6.04 Å². The van der Waals surface area contributed by atoms with Gasteiger partial charge in [0.25, 0.3) is 0 Å². The van der Waals surface area contributed by atoms with Gasteiger partial charge in [0.05, 0.1) is 6.04 Å². The first-order chi connectivity index (χ1) is 12.4. The zero-order valence-corrected chi connectivity index (χ0v) is 17.7. The fourth-order valence-electron chi connectivity index (χ4n) is 4.88. The number of piperidine rings is 1. The summed E-state index contributed by atoms with van der Waals surface area (Å²) >= 11 is 0. The van der Waals surface area contributed by atoms with E-state index in [4.69, 9.17) is 0 Å². The Kier molecular flexibility index (Phi) is 6.94. The molecule has 0 N–H and O–H groups in total. The molecule has 0 unspecified atom stereocenters. The first kappa shape index (κ1) is 19.6. The van der Waals surface area contributed by atoms with Gasteiger partial charge in [-0.3, -0.25) is 4.90 Å². The summed E-state index contributed by atoms with van der Waals surface area (Å²) in [6.45, 7) is 4.81. The van der Waals surface area contributed by atoms with E-state index < -0.39 is 0 Å². The molecule has 0 saturated carbocycles. The van der Waals surface area contributed by atoms with Gasteiger partial charge < -0.3 is 0 Å². The minimum atomic E-state index is 0. The molecular weight excluding hydrogens is 382 g/mol. The zero-order chi connectivity index (χ0) is 17.1. The van der Waals surface area contributed by atoms with Crippen LogP contribution in [0.2, 0.25) is 0 Å². The van der Waals surface area contributed by atoms with Gasteiger partial charge in [-0.15, -0.1) is 17.0 Å². The van der Waals surface area contributed by atoms with Crippen LogP contribution >= 0.6 is 17.0 Å². The van der Waals surface area contributed by atoms with Gasteiger partial charge in [-0.25, -0.2) is 0 Å². The van der Waals surface area contributed by atoms with E-state index >= 15 is 0 Å². The summed E-state index contributed by atoms with van der Waals surface area (Å²) in [6, 6.07) is 18.5. The van der Waals surface area contributed by atoms with Crippen molar-refractivity contribution in [2.24, 2.45) is 5.92 Å². The van der Waals surface area contributed by atoms with E-state index in [0.717, 1.165) is 5.92 Å². The van der Waals surface area contributed by atoms with Crippen LogP contribution in [0.3, 0.4) is 0 Å². The number of hydrogen-bond donors (Lipinski definition) is 0. The van der Waals surface area contributed by atoms with Crippen molar-refractivity contribution in [3.05, 3.63) is 59.7 Å². The number of rotatable bonds is 6. The van der Waals surface area contributed by atoms with Crippen LogP contribution in [0.5, 0.6) is 0 Å². The van der Waals surface area contributed by atoms with Crippen molar-refractivity contribution in [3.63, 3.8) is 0 Å². The van der Waals surface area contributed by atoms with Crippen LogP contribution in [0.25, 0.3) is 11.1 Å². The van der Waals surface area contributed by atoms with Gasteiger partial charge in [0, 0.05) is 0 Å². The molecule has 0 aromatic heterocycles. The highest BCUT2D eigenvalue weighted by Crippen LogP contribution is 2.47. The van der Waals surface area contributed by atoms with Crippen molar-refractivity contribution >= 4 is 17.0 Å². The molecule has 2 heteroatoms. The average molecular weight is 414 g/mol. The first-order valence-electron chi connectivity index (χ1n) is 10.3. The van der Waals surface area contributed by atoms with E-state index in [1.807, 2.05) is 0 Å². The zero-order valence-electron chi connectivity index (χ0n) is 16.0. The largest absolute Gasteiger partial charge is 0.292 e. The van der Waals surface area contributed by atoms with Crippen LogP contribution in [-0.4, -0.2) is 18.0 Å². The SMILES string of the molecule is Br.CCCCCCC1CCN(C2c3ccccc3-c3ccccc32)CC1. The highest BCUT2D eigenvalue weighted by atomic mass is 79.9. The van der Waals surface area contributed by atoms with Gasteiger partial charge in [-0.05, 0) is 54.1 Å². The molecule has 0 spiro atoms. The molecule has 0 bridgehead atoms. The third-order valence-electron chi connectivity index (χ3n) is 6.28. The summed E-state index contributed by atoms with van der Waals surface area (Å²) in [5.41, 5.74) is 5.93. The van der Waals surface area contributed by atoms with Crippen molar-refractivity contribution in [1.29, 1.82) is 0 Å². The van der Waals surface area contributed by atoms with Crippen molar-refractivity contribution in [3.8, 4) is 11.1 Å². The fourth-order valence-corrected chi connectivity index (χ4v) is 4.88. The maximum atomic E-state index is 2.74. The topological polar surface area (TPSA) is 3.24 Å². The van der Waals surface area contributed by atoms with Crippen LogP contribution in [0.4, 0.5) is 0 Å². The Morgan fingerprint density at radius 3 is 1.96 bits per heavy atom. The van der Waals surface area contributed by atoms with Gasteiger partial charge >= 0.3 is 0 Å². The second-order valence-electron chi connectivity index (χ2n) is 7.91. The van der Waals surface area contributed by atoms with Gasteiger partial charge in [0.15, 0.2) is 0 Å². The molecule has 4 rings (SSSR count). The molecule has 1 aliphatic heterocycles. The molecule has 2 aliphatic rings. The molecule has 140 valence electrons. The lowest BCUT2D eigenvalue weighted by Crippen LogP contribution is -2.36.